The molecule has 7 heteroatoms. The summed E-state index contributed by atoms with van der Waals surface area (Å²) in [6.45, 7) is 2.44. The molecule has 0 bridgehead atoms. The zero-order chi connectivity index (χ0) is 18.8. The van der Waals surface area contributed by atoms with E-state index in [4.69, 9.17) is 4.74 Å². The number of amides is 2. The predicted molar refractivity (Wildman–Crippen MR) is 99.4 cm³/mol. The van der Waals surface area contributed by atoms with Gasteiger partial charge in [-0.15, -0.1) is 0 Å². The molecule has 1 aliphatic heterocycles. The van der Waals surface area contributed by atoms with E-state index < -0.39 is 0 Å². The Morgan fingerprint density at radius 1 is 1.07 bits per heavy atom. The molecule has 3 aromatic rings. The highest BCUT2D eigenvalue weighted by Gasteiger charge is 2.27. The van der Waals surface area contributed by atoms with Crippen LogP contribution in [0.25, 0.3) is 0 Å². The van der Waals surface area contributed by atoms with Gasteiger partial charge in [0.2, 0.25) is 5.91 Å². The molecule has 0 saturated heterocycles. The molecule has 1 aromatic heterocycles. The number of nitrogens with one attached hydrogen (secondary N) is 2. The molecule has 27 heavy (non-hydrogen) atoms. The molecule has 0 saturated carbocycles. The Morgan fingerprint density at radius 3 is 2.63 bits per heavy atom. The third-order valence-electron chi connectivity index (χ3n) is 4.40. The second-order valence-electron chi connectivity index (χ2n) is 6.30. The van der Waals surface area contributed by atoms with Crippen LogP contribution in [0.4, 0.5) is 5.82 Å². The summed E-state index contributed by atoms with van der Waals surface area (Å²) in [5.41, 5.74) is 2.15. The zero-order valence-electron chi connectivity index (χ0n) is 14.7. The number of carbonyl (C=O) groups is 2. The van der Waals surface area contributed by atoms with Crippen LogP contribution in [0.1, 0.15) is 28.5 Å². The van der Waals surface area contributed by atoms with Gasteiger partial charge < -0.3 is 15.0 Å². The Morgan fingerprint density at radius 2 is 1.85 bits per heavy atom. The van der Waals surface area contributed by atoms with Gasteiger partial charge in [0.15, 0.2) is 5.82 Å². The molecule has 2 N–H and O–H groups in total. The molecular weight excluding hydrogens is 344 g/mol. The fourth-order valence-electron chi connectivity index (χ4n) is 2.97. The number of benzene rings is 2. The van der Waals surface area contributed by atoms with E-state index >= 15 is 0 Å². The van der Waals surface area contributed by atoms with Gasteiger partial charge in [0.25, 0.3) is 5.91 Å². The van der Waals surface area contributed by atoms with Crippen LogP contribution in [0.3, 0.4) is 0 Å². The number of anilines is 1. The Labute approximate surface area is 156 Å². The highest BCUT2D eigenvalue weighted by atomic mass is 16.5. The molecule has 0 unspecified atom stereocenters. The van der Waals surface area contributed by atoms with Gasteiger partial charge in [-0.05, 0) is 30.3 Å². The van der Waals surface area contributed by atoms with Crippen molar-refractivity contribution in [2.45, 2.75) is 20.0 Å². The van der Waals surface area contributed by atoms with Crippen molar-refractivity contribution >= 4 is 17.6 Å². The predicted octanol–water partition coefficient (Wildman–Crippen LogP) is 3.32. The lowest BCUT2D eigenvalue weighted by Crippen LogP contribution is -2.23. The van der Waals surface area contributed by atoms with Crippen LogP contribution in [0, 0.1) is 0 Å². The highest BCUT2D eigenvalue weighted by molar-refractivity contribution is 6.04. The van der Waals surface area contributed by atoms with Gasteiger partial charge in [-0.2, -0.15) is 5.10 Å². The van der Waals surface area contributed by atoms with Gasteiger partial charge in [0.05, 0.1) is 18.8 Å². The normalized spacial score (nSPS) is 12.6. The summed E-state index contributed by atoms with van der Waals surface area (Å²) in [4.78, 5) is 25.9. The van der Waals surface area contributed by atoms with Gasteiger partial charge in [-0.3, -0.25) is 14.7 Å². The maximum absolute atomic E-state index is 12.6. The molecule has 136 valence electrons. The van der Waals surface area contributed by atoms with Gasteiger partial charge in [-0.25, -0.2) is 0 Å². The zero-order valence-corrected chi connectivity index (χ0v) is 14.7. The molecular formula is C20H18N4O3. The van der Waals surface area contributed by atoms with Crippen molar-refractivity contribution in [1.82, 2.24) is 15.1 Å². The monoisotopic (exact) mass is 362 g/mol. The number of rotatable bonds is 4. The van der Waals surface area contributed by atoms with Crippen molar-refractivity contribution in [2.75, 3.05) is 5.32 Å². The Bertz CT molecular complexity index is 997. The number of fused-ring (bicyclic) bond motifs is 1. The van der Waals surface area contributed by atoms with Crippen molar-refractivity contribution < 1.29 is 14.3 Å². The molecule has 0 fully saturated rings. The van der Waals surface area contributed by atoms with E-state index in [9.17, 15) is 9.59 Å². The summed E-state index contributed by atoms with van der Waals surface area (Å²) >= 11 is 0. The lowest BCUT2D eigenvalue weighted by atomic mass is 10.2. The van der Waals surface area contributed by atoms with Gasteiger partial charge >= 0.3 is 0 Å². The Kier molecular flexibility index (Phi) is 4.33. The van der Waals surface area contributed by atoms with Crippen LogP contribution in [0.2, 0.25) is 0 Å². The van der Waals surface area contributed by atoms with E-state index in [-0.39, 0.29) is 11.8 Å². The second-order valence-corrected chi connectivity index (χ2v) is 6.30. The smallest absolute Gasteiger partial charge is 0.257 e. The van der Waals surface area contributed by atoms with Crippen LogP contribution < -0.4 is 10.1 Å². The topological polar surface area (TPSA) is 87.3 Å². The van der Waals surface area contributed by atoms with Crippen LogP contribution in [0.15, 0.2) is 54.6 Å². The molecule has 2 amide bonds. The van der Waals surface area contributed by atoms with Gasteiger partial charge in [0.1, 0.15) is 11.5 Å². The quantitative estimate of drug-likeness (QED) is 0.745. The van der Waals surface area contributed by atoms with Crippen molar-refractivity contribution in [1.29, 1.82) is 0 Å². The number of aromatic nitrogens is 2. The summed E-state index contributed by atoms with van der Waals surface area (Å²) < 4.78 is 5.77. The van der Waals surface area contributed by atoms with Crippen LogP contribution >= 0.6 is 0 Å². The minimum atomic E-state index is -0.288. The first kappa shape index (κ1) is 16.8. The van der Waals surface area contributed by atoms with Crippen molar-refractivity contribution in [3.8, 4) is 11.5 Å². The average molecular weight is 362 g/mol. The molecule has 0 spiro atoms. The largest absolute Gasteiger partial charge is 0.457 e. The van der Waals surface area contributed by atoms with Crippen LogP contribution in [0.5, 0.6) is 11.5 Å². The van der Waals surface area contributed by atoms with E-state index in [1.807, 2.05) is 30.3 Å². The number of H-pyrrole nitrogens is 1. The summed E-state index contributed by atoms with van der Waals surface area (Å²) in [5, 5.41) is 9.86. The number of hydrogen-bond donors (Lipinski definition) is 2. The van der Waals surface area contributed by atoms with Gasteiger partial charge in [-0.1, -0.05) is 24.3 Å². The lowest BCUT2D eigenvalue weighted by Gasteiger charge is -2.12. The van der Waals surface area contributed by atoms with Crippen molar-refractivity contribution in [2.24, 2.45) is 0 Å². The maximum Gasteiger partial charge on any atom is 0.257 e. The van der Waals surface area contributed by atoms with E-state index in [0.717, 1.165) is 11.3 Å². The highest BCUT2D eigenvalue weighted by Crippen LogP contribution is 2.28. The van der Waals surface area contributed by atoms with Crippen LogP contribution in [-0.4, -0.2) is 26.9 Å². The first-order valence-electron chi connectivity index (χ1n) is 8.56. The molecule has 0 radical (unpaired) electrons. The van der Waals surface area contributed by atoms with E-state index in [1.165, 1.54) is 6.92 Å². The van der Waals surface area contributed by atoms with Gasteiger partial charge in [0, 0.05) is 18.1 Å². The number of aromatic amines is 1. The Hall–Kier alpha value is -3.61. The molecule has 4 rings (SSSR count). The summed E-state index contributed by atoms with van der Waals surface area (Å²) in [5.74, 6) is 1.42. The first-order valence-corrected chi connectivity index (χ1v) is 8.56. The average Bonchev–Trinajstić information content (AvgIpc) is 3.25. The van der Waals surface area contributed by atoms with Crippen molar-refractivity contribution in [3.63, 3.8) is 0 Å². The first-order chi connectivity index (χ1) is 13.1. The fraction of sp³-hybridized carbons (Fsp3) is 0.150. The minimum Gasteiger partial charge on any atom is -0.457 e. The second kappa shape index (κ2) is 6.95. The van der Waals surface area contributed by atoms with E-state index in [2.05, 4.69) is 15.5 Å². The summed E-state index contributed by atoms with van der Waals surface area (Å²) in [7, 11) is 0. The number of carbonyl (C=O) groups excluding carboxylic acids is 2. The number of hydrogen-bond acceptors (Lipinski definition) is 4. The Balaban J connectivity index is 1.49. The molecule has 2 heterocycles. The van der Waals surface area contributed by atoms with Crippen LogP contribution in [-0.2, 0) is 17.9 Å². The van der Waals surface area contributed by atoms with E-state index in [1.54, 1.807) is 29.2 Å². The molecule has 1 aliphatic rings. The number of para-hydroxylation sites is 1. The lowest BCUT2D eigenvalue weighted by molar-refractivity contribution is -0.129. The third kappa shape index (κ3) is 3.52. The fourth-order valence-corrected chi connectivity index (χ4v) is 2.97. The minimum absolute atomic E-state index is 0.0114. The molecule has 7 nitrogen and oxygen atoms in total. The summed E-state index contributed by atoms with van der Waals surface area (Å²) in [6.07, 6.45) is 0. The SMILES string of the molecule is CC(=O)N1Cc2[nH]nc(NC(=O)c3cccc(Oc4ccccc4)c3)c2C1. The van der Waals surface area contributed by atoms with E-state index in [0.29, 0.717) is 36.0 Å². The molecule has 0 atom stereocenters. The number of ether oxygens (including phenoxy) is 1. The number of nitrogens with zero attached hydrogens (tertiary/aromatic N) is 2. The molecule has 0 aliphatic carbocycles. The standard InChI is InChI=1S/C20H18N4O3/c1-13(25)24-11-17-18(12-24)22-23-19(17)21-20(26)14-6-5-9-16(10-14)27-15-7-3-2-4-8-15/h2-10H,11-12H2,1H3,(H2,21,22,23,26). The maximum atomic E-state index is 12.6. The molecule has 2 aromatic carbocycles. The van der Waals surface area contributed by atoms with Crippen molar-refractivity contribution in [3.05, 3.63) is 71.4 Å². The summed E-state index contributed by atoms with van der Waals surface area (Å²) in [6, 6.07) is 16.3. The third-order valence-corrected chi connectivity index (χ3v) is 4.40.